The van der Waals surface area contributed by atoms with E-state index < -0.39 is 0 Å². The Morgan fingerprint density at radius 1 is 1.04 bits per heavy atom. The number of rotatable bonds is 15. The monoisotopic (exact) mass is 358 g/mol. The molecule has 0 N–H and O–H groups in total. The van der Waals surface area contributed by atoms with Crippen molar-refractivity contribution in [2.75, 3.05) is 13.2 Å². The maximum Gasteiger partial charge on any atom is 0.117 e. The zero-order valence-electron chi connectivity index (χ0n) is 16.7. The minimum atomic E-state index is 0.347. The number of allylic oxidation sites excluding steroid dienone is 7. The second-order valence-corrected chi connectivity index (χ2v) is 7.54. The Hall–Kier alpha value is -1.28. The predicted octanol–water partition coefficient (Wildman–Crippen LogP) is 6.90. The summed E-state index contributed by atoms with van der Waals surface area (Å²) < 4.78 is 10.9. The molecule has 1 saturated heterocycles. The predicted molar refractivity (Wildman–Crippen MR) is 111 cm³/mol. The lowest BCUT2D eigenvalue weighted by Crippen LogP contribution is -2.05. The third-order valence-electron chi connectivity index (χ3n) is 5.00. The van der Waals surface area contributed by atoms with Crippen LogP contribution >= 0.6 is 0 Å². The van der Waals surface area contributed by atoms with Crippen molar-refractivity contribution in [3.8, 4) is 0 Å². The van der Waals surface area contributed by atoms with Crippen LogP contribution in [0.25, 0.3) is 0 Å². The molecule has 0 amide bonds. The second kappa shape index (κ2) is 13.9. The van der Waals surface area contributed by atoms with E-state index in [0.29, 0.717) is 18.6 Å². The minimum Gasteiger partial charge on any atom is -0.491 e. The third-order valence-corrected chi connectivity index (χ3v) is 5.00. The Labute approximate surface area is 161 Å². The molecular formula is C24H38O2. The Morgan fingerprint density at radius 3 is 2.54 bits per heavy atom. The topological polar surface area (TPSA) is 21.8 Å². The molecule has 1 aliphatic heterocycles. The fraction of sp³-hybridized carbons (Fsp3) is 0.667. The van der Waals surface area contributed by atoms with Gasteiger partial charge >= 0.3 is 0 Å². The van der Waals surface area contributed by atoms with E-state index in [1.807, 2.05) is 0 Å². The van der Waals surface area contributed by atoms with Crippen LogP contribution in [0.15, 0.2) is 48.3 Å². The quantitative estimate of drug-likeness (QED) is 0.180. The summed E-state index contributed by atoms with van der Waals surface area (Å²) in [4.78, 5) is 0. The molecule has 26 heavy (non-hydrogen) atoms. The van der Waals surface area contributed by atoms with Crippen LogP contribution in [0.4, 0.5) is 0 Å². The molecule has 0 spiro atoms. The third kappa shape index (κ3) is 10.7. The lowest BCUT2D eigenvalue weighted by atomic mass is 9.93. The highest BCUT2D eigenvalue weighted by Crippen LogP contribution is 2.23. The van der Waals surface area contributed by atoms with Gasteiger partial charge in [0, 0.05) is 0 Å². The summed E-state index contributed by atoms with van der Waals surface area (Å²) in [5, 5.41) is 0. The highest BCUT2D eigenvalue weighted by atomic mass is 16.6. The Balaban J connectivity index is 1.36. The van der Waals surface area contributed by atoms with E-state index in [0.717, 1.165) is 25.2 Å². The molecule has 0 bridgehead atoms. The normalized spacial score (nSPS) is 22.3. The molecule has 2 rings (SSSR count). The second-order valence-electron chi connectivity index (χ2n) is 7.54. The van der Waals surface area contributed by atoms with Crippen LogP contribution in [0.3, 0.4) is 0 Å². The van der Waals surface area contributed by atoms with E-state index in [4.69, 9.17) is 9.47 Å². The Morgan fingerprint density at radius 2 is 1.81 bits per heavy atom. The molecule has 1 aliphatic carbocycles. The largest absolute Gasteiger partial charge is 0.491 e. The minimum absolute atomic E-state index is 0.347. The number of epoxide rings is 1. The van der Waals surface area contributed by atoms with Gasteiger partial charge in [0.25, 0.3) is 0 Å². The molecule has 0 aromatic heterocycles. The van der Waals surface area contributed by atoms with Crippen molar-refractivity contribution in [2.24, 2.45) is 5.92 Å². The molecule has 2 unspecified atom stereocenters. The number of ether oxygens (including phenoxy) is 2. The van der Waals surface area contributed by atoms with Crippen LogP contribution in [0.2, 0.25) is 0 Å². The van der Waals surface area contributed by atoms with Crippen LogP contribution in [-0.2, 0) is 9.47 Å². The van der Waals surface area contributed by atoms with E-state index >= 15 is 0 Å². The van der Waals surface area contributed by atoms with Gasteiger partial charge in [-0.15, -0.1) is 0 Å². The van der Waals surface area contributed by atoms with Crippen molar-refractivity contribution in [3.63, 3.8) is 0 Å². The van der Waals surface area contributed by atoms with Crippen molar-refractivity contribution >= 4 is 0 Å². The van der Waals surface area contributed by atoms with E-state index in [1.165, 1.54) is 57.8 Å². The Bertz CT molecular complexity index is 469. The first-order chi connectivity index (χ1) is 12.9. The van der Waals surface area contributed by atoms with Crippen molar-refractivity contribution < 1.29 is 9.47 Å². The number of hydrogen-bond acceptors (Lipinski definition) is 2. The lowest BCUT2D eigenvalue weighted by molar-refractivity contribution is 0.190. The summed E-state index contributed by atoms with van der Waals surface area (Å²) in [5.74, 6) is 1.74. The first-order valence-corrected chi connectivity index (χ1v) is 10.8. The molecule has 0 aromatic carbocycles. The van der Waals surface area contributed by atoms with E-state index in [2.05, 4.69) is 49.5 Å². The smallest absolute Gasteiger partial charge is 0.117 e. The molecule has 1 fully saturated rings. The molecule has 1 heterocycles. The van der Waals surface area contributed by atoms with Crippen LogP contribution in [-0.4, -0.2) is 19.3 Å². The van der Waals surface area contributed by atoms with Crippen LogP contribution < -0.4 is 0 Å². The van der Waals surface area contributed by atoms with Crippen molar-refractivity contribution in [3.05, 3.63) is 48.3 Å². The van der Waals surface area contributed by atoms with E-state index in [1.54, 1.807) is 0 Å². The molecular weight excluding hydrogens is 320 g/mol. The Kier molecular flexibility index (Phi) is 11.2. The van der Waals surface area contributed by atoms with Gasteiger partial charge in [0.15, 0.2) is 0 Å². The van der Waals surface area contributed by atoms with Crippen LogP contribution in [0.1, 0.15) is 77.6 Å². The summed E-state index contributed by atoms with van der Waals surface area (Å²) in [6, 6.07) is 0. The van der Waals surface area contributed by atoms with Gasteiger partial charge in [0.2, 0.25) is 0 Å². The summed E-state index contributed by atoms with van der Waals surface area (Å²) in [5.41, 5.74) is 0. The van der Waals surface area contributed by atoms with Gasteiger partial charge < -0.3 is 9.47 Å². The highest BCUT2D eigenvalue weighted by molar-refractivity contribution is 5.18. The number of hydrogen-bond donors (Lipinski definition) is 0. The highest BCUT2D eigenvalue weighted by Gasteiger charge is 2.23. The van der Waals surface area contributed by atoms with Gasteiger partial charge in [-0.25, -0.2) is 0 Å². The zero-order valence-corrected chi connectivity index (χ0v) is 16.7. The molecule has 2 aliphatic rings. The average Bonchev–Trinajstić information content (AvgIpc) is 3.49. The van der Waals surface area contributed by atoms with E-state index in [9.17, 15) is 0 Å². The van der Waals surface area contributed by atoms with Crippen LogP contribution in [0, 0.1) is 5.92 Å². The maximum atomic E-state index is 5.72. The van der Waals surface area contributed by atoms with Crippen molar-refractivity contribution in [2.45, 2.75) is 83.7 Å². The van der Waals surface area contributed by atoms with Crippen molar-refractivity contribution in [1.82, 2.24) is 0 Å². The summed E-state index contributed by atoms with van der Waals surface area (Å²) in [6.07, 6.45) is 30.4. The summed E-state index contributed by atoms with van der Waals surface area (Å²) >= 11 is 0. The van der Waals surface area contributed by atoms with Crippen LogP contribution in [0.5, 0.6) is 0 Å². The molecule has 0 saturated carbocycles. The first-order valence-electron chi connectivity index (χ1n) is 10.8. The lowest BCUT2D eigenvalue weighted by Gasteiger charge is -2.16. The first kappa shape index (κ1) is 21.0. The fourth-order valence-electron chi connectivity index (χ4n) is 3.19. The summed E-state index contributed by atoms with van der Waals surface area (Å²) in [6.45, 7) is 3.80. The molecule has 0 radical (unpaired) electrons. The molecule has 146 valence electrons. The SMILES string of the molecule is CCC/C=C/C/C=C/CCCCCCCC1C=CC(OCC2CO2)=CC1. The number of unbranched alkanes of at least 4 members (excludes halogenated alkanes) is 6. The van der Waals surface area contributed by atoms with Crippen molar-refractivity contribution in [1.29, 1.82) is 0 Å². The van der Waals surface area contributed by atoms with E-state index in [-0.39, 0.29) is 0 Å². The fourth-order valence-corrected chi connectivity index (χ4v) is 3.19. The molecule has 2 nitrogen and oxygen atoms in total. The molecule has 0 aromatic rings. The molecule has 2 atom stereocenters. The zero-order chi connectivity index (χ0) is 18.3. The molecule has 2 heteroatoms. The standard InChI is InChI=1S/C24H38O2/c1-2-3-4-5-6-7-8-9-10-11-12-13-14-15-22-16-18-23(19-17-22)25-20-24-21-26-24/h4-5,7-8,16,18-19,22,24H,2-3,6,9-15,17,20-21H2,1H3/b5-4+,8-7+. The van der Waals surface area contributed by atoms with Gasteiger partial charge in [0.1, 0.15) is 18.5 Å². The maximum absolute atomic E-state index is 5.72. The average molecular weight is 359 g/mol. The van der Waals surface area contributed by atoms with Gasteiger partial charge in [-0.05, 0) is 56.6 Å². The van der Waals surface area contributed by atoms with Gasteiger partial charge in [-0.2, -0.15) is 0 Å². The van der Waals surface area contributed by atoms with Gasteiger partial charge in [-0.1, -0.05) is 69.4 Å². The summed E-state index contributed by atoms with van der Waals surface area (Å²) in [7, 11) is 0. The van der Waals surface area contributed by atoms with Gasteiger partial charge in [-0.3, -0.25) is 0 Å². The van der Waals surface area contributed by atoms with Gasteiger partial charge in [0.05, 0.1) is 6.61 Å².